The molecule has 1 unspecified atom stereocenters. The molecule has 2 aromatic rings. The standard InChI is InChI=1S/C11H11O2PS2/c1-13-11(12)9-5-4-8(16-9)7-14-10-3-2-6-15-10/h2-6,14H,7H2,1H3. The molecular formula is C11H11O2PS2. The van der Waals surface area contributed by atoms with E-state index in [1.807, 2.05) is 12.1 Å². The molecule has 0 radical (unpaired) electrons. The van der Waals surface area contributed by atoms with E-state index in [1.54, 1.807) is 11.3 Å². The summed E-state index contributed by atoms with van der Waals surface area (Å²) in [5, 5.41) is 2.09. The molecule has 2 heterocycles. The lowest BCUT2D eigenvalue weighted by molar-refractivity contribution is 0.0606. The summed E-state index contributed by atoms with van der Waals surface area (Å²) in [6.07, 6.45) is 1.02. The molecule has 0 aromatic carbocycles. The third-order valence-electron chi connectivity index (χ3n) is 2.01. The predicted octanol–water partition coefficient (Wildman–Crippen LogP) is 3.10. The van der Waals surface area contributed by atoms with Crippen LogP contribution in [0.15, 0.2) is 29.6 Å². The van der Waals surface area contributed by atoms with Crippen LogP contribution in [0.5, 0.6) is 0 Å². The van der Waals surface area contributed by atoms with Crippen molar-refractivity contribution in [2.24, 2.45) is 0 Å². The number of hydrogen-bond donors (Lipinski definition) is 0. The zero-order chi connectivity index (χ0) is 11.4. The van der Waals surface area contributed by atoms with Crippen LogP contribution in [0.1, 0.15) is 14.5 Å². The maximum atomic E-state index is 11.3. The number of rotatable bonds is 4. The Bertz CT molecular complexity index is 462. The summed E-state index contributed by atoms with van der Waals surface area (Å²) in [7, 11) is 2.20. The summed E-state index contributed by atoms with van der Waals surface area (Å²) in [5.41, 5.74) is 0. The van der Waals surface area contributed by atoms with Gasteiger partial charge in [-0.05, 0) is 23.6 Å². The summed E-state index contributed by atoms with van der Waals surface area (Å²) in [6.45, 7) is 0. The summed E-state index contributed by atoms with van der Waals surface area (Å²) in [6, 6.07) is 8.07. The van der Waals surface area contributed by atoms with Gasteiger partial charge in [-0.15, -0.1) is 22.7 Å². The summed E-state index contributed by atoms with van der Waals surface area (Å²) in [5.74, 6) is -0.240. The highest BCUT2D eigenvalue weighted by molar-refractivity contribution is 7.56. The molecule has 0 aliphatic rings. The first-order valence-corrected chi connectivity index (χ1v) is 7.64. The fraction of sp³-hybridized carbons (Fsp3) is 0.182. The van der Waals surface area contributed by atoms with Gasteiger partial charge in [-0.3, -0.25) is 0 Å². The molecule has 84 valence electrons. The van der Waals surface area contributed by atoms with Crippen LogP contribution in [0.2, 0.25) is 0 Å². The van der Waals surface area contributed by atoms with Crippen molar-refractivity contribution in [1.82, 2.24) is 0 Å². The lowest BCUT2D eigenvalue weighted by Gasteiger charge is -1.95. The maximum absolute atomic E-state index is 11.3. The van der Waals surface area contributed by atoms with Gasteiger partial charge in [0.25, 0.3) is 0 Å². The average molecular weight is 270 g/mol. The molecule has 2 nitrogen and oxygen atoms in total. The van der Waals surface area contributed by atoms with Crippen molar-refractivity contribution in [3.05, 3.63) is 39.4 Å². The van der Waals surface area contributed by atoms with Crippen LogP contribution in [0.4, 0.5) is 0 Å². The summed E-state index contributed by atoms with van der Waals surface area (Å²) in [4.78, 5) is 13.2. The van der Waals surface area contributed by atoms with Crippen LogP contribution < -0.4 is 4.62 Å². The van der Waals surface area contributed by atoms with Crippen LogP contribution >= 0.6 is 31.3 Å². The van der Waals surface area contributed by atoms with Gasteiger partial charge in [0.2, 0.25) is 0 Å². The highest BCUT2D eigenvalue weighted by Crippen LogP contribution is 2.26. The highest BCUT2D eigenvalue weighted by atomic mass is 32.1. The smallest absolute Gasteiger partial charge is 0.348 e. The fourth-order valence-electron chi connectivity index (χ4n) is 1.24. The van der Waals surface area contributed by atoms with Crippen molar-refractivity contribution in [2.75, 3.05) is 7.11 Å². The molecule has 2 rings (SSSR count). The Balaban J connectivity index is 1.95. The second-order valence-electron chi connectivity index (χ2n) is 3.09. The number of ether oxygens (including phenoxy) is 1. The number of carbonyl (C=O) groups is 1. The van der Waals surface area contributed by atoms with Crippen LogP contribution in [0.25, 0.3) is 0 Å². The molecule has 0 fully saturated rings. The Morgan fingerprint density at radius 3 is 3.00 bits per heavy atom. The molecule has 0 spiro atoms. The molecule has 0 bridgehead atoms. The van der Waals surface area contributed by atoms with Crippen molar-refractivity contribution in [1.29, 1.82) is 0 Å². The van der Waals surface area contributed by atoms with Crippen molar-refractivity contribution < 1.29 is 9.53 Å². The Labute approximate surface area is 104 Å². The van der Waals surface area contributed by atoms with Crippen molar-refractivity contribution in [2.45, 2.75) is 6.16 Å². The van der Waals surface area contributed by atoms with Crippen LogP contribution in [-0.4, -0.2) is 13.1 Å². The van der Waals surface area contributed by atoms with Gasteiger partial charge in [0.15, 0.2) is 0 Å². The number of methoxy groups -OCH3 is 1. The minimum absolute atomic E-state index is 0.240. The Kier molecular flexibility index (Phi) is 4.10. The maximum Gasteiger partial charge on any atom is 0.348 e. The molecular weight excluding hydrogens is 259 g/mol. The van der Waals surface area contributed by atoms with E-state index in [2.05, 4.69) is 22.2 Å². The molecule has 16 heavy (non-hydrogen) atoms. The lowest BCUT2D eigenvalue weighted by Crippen LogP contribution is -1.96. The largest absolute Gasteiger partial charge is 0.465 e. The summed E-state index contributed by atoms with van der Waals surface area (Å²) < 4.78 is 6.09. The number of thiophene rings is 2. The molecule has 0 amide bonds. The first kappa shape index (κ1) is 11.8. The van der Waals surface area contributed by atoms with Gasteiger partial charge in [0.1, 0.15) is 4.88 Å². The zero-order valence-electron chi connectivity index (χ0n) is 8.73. The van der Waals surface area contributed by atoms with Crippen LogP contribution in [-0.2, 0) is 10.9 Å². The van der Waals surface area contributed by atoms with Gasteiger partial charge in [0, 0.05) is 15.7 Å². The number of hydrogen-bond acceptors (Lipinski definition) is 4. The molecule has 0 N–H and O–H groups in total. The Morgan fingerprint density at radius 2 is 2.31 bits per heavy atom. The van der Waals surface area contributed by atoms with E-state index in [9.17, 15) is 4.79 Å². The monoisotopic (exact) mass is 270 g/mol. The Hall–Kier alpha value is -0.700. The van der Waals surface area contributed by atoms with Crippen molar-refractivity contribution in [3.8, 4) is 0 Å². The van der Waals surface area contributed by atoms with Crippen molar-refractivity contribution >= 4 is 41.8 Å². The van der Waals surface area contributed by atoms with Crippen molar-refractivity contribution in [3.63, 3.8) is 0 Å². The third kappa shape index (κ3) is 2.91. The predicted molar refractivity (Wildman–Crippen MR) is 71.6 cm³/mol. The zero-order valence-corrected chi connectivity index (χ0v) is 11.4. The molecule has 5 heteroatoms. The van der Waals surface area contributed by atoms with E-state index in [0.29, 0.717) is 4.88 Å². The minimum Gasteiger partial charge on any atom is -0.465 e. The topological polar surface area (TPSA) is 26.3 Å². The normalized spacial score (nSPS) is 11.1. The number of esters is 1. The van der Waals surface area contributed by atoms with Gasteiger partial charge in [-0.2, -0.15) is 0 Å². The molecule has 0 saturated carbocycles. The van der Waals surface area contributed by atoms with Gasteiger partial charge in [-0.25, -0.2) is 4.79 Å². The van der Waals surface area contributed by atoms with Gasteiger partial charge in [-0.1, -0.05) is 14.6 Å². The molecule has 0 aliphatic heterocycles. The van der Waals surface area contributed by atoms with Gasteiger partial charge >= 0.3 is 5.97 Å². The first-order chi connectivity index (χ1) is 7.79. The van der Waals surface area contributed by atoms with E-state index in [4.69, 9.17) is 0 Å². The second-order valence-corrected chi connectivity index (χ2v) is 6.81. The molecule has 0 aliphatic carbocycles. The summed E-state index contributed by atoms with van der Waals surface area (Å²) >= 11 is 3.31. The fourth-order valence-corrected chi connectivity index (χ4v) is 4.36. The highest BCUT2D eigenvalue weighted by Gasteiger charge is 2.08. The molecule has 1 atom stereocenters. The van der Waals surface area contributed by atoms with E-state index in [-0.39, 0.29) is 5.97 Å². The van der Waals surface area contributed by atoms with Crippen LogP contribution in [0, 0.1) is 0 Å². The number of carbonyl (C=O) groups excluding carboxylic acids is 1. The first-order valence-electron chi connectivity index (χ1n) is 4.74. The molecule has 2 aromatic heterocycles. The van der Waals surface area contributed by atoms with Gasteiger partial charge < -0.3 is 4.74 Å². The SMILES string of the molecule is COC(=O)c1ccc(CPc2cccs2)s1. The van der Waals surface area contributed by atoms with Gasteiger partial charge in [0.05, 0.1) is 7.11 Å². The lowest BCUT2D eigenvalue weighted by atomic mass is 10.4. The minimum atomic E-state index is -0.240. The van der Waals surface area contributed by atoms with E-state index >= 15 is 0 Å². The quantitative estimate of drug-likeness (QED) is 0.630. The second kappa shape index (κ2) is 5.58. The molecule has 0 saturated heterocycles. The van der Waals surface area contributed by atoms with Crippen LogP contribution in [0.3, 0.4) is 0 Å². The average Bonchev–Trinajstić information content (AvgIpc) is 2.96. The Morgan fingerprint density at radius 1 is 1.44 bits per heavy atom. The van der Waals surface area contributed by atoms with E-state index in [1.165, 1.54) is 27.9 Å². The van der Waals surface area contributed by atoms with E-state index in [0.717, 1.165) is 14.7 Å². The third-order valence-corrected chi connectivity index (χ3v) is 5.87. The van der Waals surface area contributed by atoms with E-state index < -0.39 is 0 Å².